The molecule has 0 radical (unpaired) electrons. The molecule has 0 spiro atoms. The number of halogens is 1. The molecule has 1 aromatic carbocycles. The summed E-state index contributed by atoms with van der Waals surface area (Å²) in [5.74, 6) is -0.0818. The molecule has 0 bridgehead atoms. The third kappa shape index (κ3) is 3.03. The summed E-state index contributed by atoms with van der Waals surface area (Å²) in [4.78, 5) is 12.4. The molecule has 1 aliphatic rings. The molecule has 1 heterocycles. The van der Waals surface area contributed by atoms with Gasteiger partial charge in [-0.15, -0.1) is 0 Å². The number of nitrogens with zero attached hydrogens (tertiary/aromatic N) is 2. The smallest absolute Gasteiger partial charge is 0.276 e. The summed E-state index contributed by atoms with van der Waals surface area (Å²) in [6.07, 6.45) is 2.31. The van der Waals surface area contributed by atoms with Crippen LogP contribution in [-0.2, 0) is 5.54 Å². The van der Waals surface area contributed by atoms with Crippen LogP contribution in [0.3, 0.4) is 0 Å². The minimum absolute atomic E-state index is 0.160. The number of benzene rings is 1. The van der Waals surface area contributed by atoms with Crippen molar-refractivity contribution in [1.82, 2.24) is 9.78 Å². The maximum atomic E-state index is 12.9. The van der Waals surface area contributed by atoms with Crippen LogP contribution < -0.4 is 5.32 Å². The van der Waals surface area contributed by atoms with Crippen molar-refractivity contribution in [2.45, 2.75) is 45.1 Å². The molecule has 0 unspecified atom stereocenters. The van der Waals surface area contributed by atoms with Crippen molar-refractivity contribution in [1.29, 1.82) is 0 Å². The van der Waals surface area contributed by atoms with Gasteiger partial charge in [0, 0.05) is 17.3 Å². The summed E-state index contributed by atoms with van der Waals surface area (Å²) in [6, 6.07) is 7.59. The third-order valence-electron chi connectivity index (χ3n) is 3.70. The average molecular weight is 301 g/mol. The van der Waals surface area contributed by atoms with E-state index in [0.29, 0.717) is 17.3 Å². The molecule has 1 saturated carbocycles. The molecular weight excluding hydrogens is 281 g/mol. The molecule has 22 heavy (non-hydrogen) atoms. The van der Waals surface area contributed by atoms with Gasteiger partial charge in [-0.05, 0) is 63.9 Å². The van der Waals surface area contributed by atoms with E-state index < -0.39 is 0 Å². The molecule has 116 valence electrons. The third-order valence-corrected chi connectivity index (χ3v) is 3.70. The van der Waals surface area contributed by atoms with Gasteiger partial charge in [0.25, 0.3) is 5.91 Å². The molecule has 1 N–H and O–H groups in total. The first-order chi connectivity index (χ1) is 10.3. The Hall–Kier alpha value is -2.17. The van der Waals surface area contributed by atoms with E-state index in [9.17, 15) is 9.18 Å². The van der Waals surface area contributed by atoms with Crippen LogP contribution in [0.25, 0.3) is 0 Å². The van der Waals surface area contributed by atoms with Crippen LogP contribution in [0, 0.1) is 5.82 Å². The van der Waals surface area contributed by atoms with E-state index in [1.165, 1.54) is 24.3 Å². The Morgan fingerprint density at radius 2 is 1.91 bits per heavy atom. The highest BCUT2D eigenvalue weighted by atomic mass is 19.1. The first kappa shape index (κ1) is 14.8. The Morgan fingerprint density at radius 1 is 1.27 bits per heavy atom. The average Bonchev–Trinajstić information content (AvgIpc) is 3.18. The van der Waals surface area contributed by atoms with E-state index in [-0.39, 0.29) is 17.3 Å². The fourth-order valence-electron chi connectivity index (χ4n) is 2.44. The molecule has 1 aliphatic carbocycles. The second-order valence-corrected chi connectivity index (χ2v) is 6.77. The lowest BCUT2D eigenvalue weighted by molar-refractivity contribution is 0.102. The second kappa shape index (κ2) is 5.23. The highest BCUT2D eigenvalue weighted by Gasteiger charge is 2.32. The van der Waals surface area contributed by atoms with Crippen molar-refractivity contribution < 1.29 is 9.18 Å². The zero-order valence-electron chi connectivity index (χ0n) is 13.1. The minimum Gasteiger partial charge on any atom is -0.321 e. The van der Waals surface area contributed by atoms with Gasteiger partial charge < -0.3 is 5.32 Å². The van der Waals surface area contributed by atoms with Crippen LogP contribution in [0.1, 0.15) is 55.7 Å². The highest BCUT2D eigenvalue weighted by Crippen LogP contribution is 2.41. The Balaban J connectivity index is 1.85. The Bertz CT molecular complexity index is 694. The maximum absolute atomic E-state index is 12.9. The van der Waals surface area contributed by atoms with E-state index in [2.05, 4.69) is 31.2 Å². The molecule has 0 atom stereocenters. The summed E-state index contributed by atoms with van der Waals surface area (Å²) in [5, 5.41) is 7.24. The van der Waals surface area contributed by atoms with Crippen LogP contribution in [0.5, 0.6) is 0 Å². The number of hydrogen-bond acceptors (Lipinski definition) is 2. The standard InChI is InChI=1S/C17H20FN3O/c1-17(2,3)21-15(11-4-5-11)10-14(20-21)16(22)19-13-8-6-12(18)7-9-13/h6-11H,4-5H2,1-3H3,(H,19,22). The van der Waals surface area contributed by atoms with Gasteiger partial charge in [-0.1, -0.05) is 0 Å². The van der Waals surface area contributed by atoms with Crippen LogP contribution in [-0.4, -0.2) is 15.7 Å². The maximum Gasteiger partial charge on any atom is 0.276 e. The number of aromatic nitrogens is 2. The lowest BCUT2D eigenvalue weighted by Gasteiger charge is -2.22. The summed E-state index contributed by atoms with van der Waals surface area (Å²) in [5.41, 5.74) is 1.93. The zero-order chi connectivity index (χ0) is 15.9. The van der Waals surface area contributed by atoms with Crippen molar-refractivity contribution >= 4 is 11.6 Å². The number of anilines is 1. The van der Waals surface area contributed by atoms with Gasteiger partial charge in [0.1, 0.15) is 5.82 Å². The Kier molecular flexibility index (Phi) is 3.51. The van der Waals surface area contributed by atoms with E-state index in [4.69, 9.17) is 0 Å². The van der Waals surface area contributed by atoms with Crippen molar-refractivity contribution in [2.75, 3.05) is 5.32 Å². The van der Waals surface area contributed by atoms with Gasteiger partial charge in [-0.2, -0.15) is 5.10 Å². The zero-order valence-corrected chi connectivity index (χ0v) is 13.1. The first-order valence-electron chi connectivity index (χ1n) is 7.52. The minimum atomic E-state index is -0.328. The second-order valence-electron chi connectivity index (χ2n) is 6.77. The van der Waals surface area contributed by atoms with E-state index >= 15 is 0 Å². The lowest BCUT2D eigenvalue weighted by atomic mass is 10.1. The van der Waals surface area contributed by atoms with Gasteiger partial charge in [0.15, 0.2) is 5.69 Å². The quantitative estimate of drug-likeness (QED) is 0.934. The molecular formula is C17H20FN3O. The predicted molar refractivity (Wildman–Crippen MR) is 83.6 cm³/mol. The molecule has 3 rings (SSSR count). The molecule has 4 nitrogen and oxygen atoms in total. The summed E-state index contributed by atoms with van der Waals surface area (Å²) in [6.45, 7) is 6.23. The van der Waals surface area contributed by atoms with Gasteiger partial charge in [-0.3, -0.25) is 9.48 Å². The molecule has 0 saturated heterocycles. The van der Waals surface area contributed by atoms with Crippen LogP contribution >= 0.6 is 0 Å². The summed E-state index contributed by atoms with van der Waals surface area (Å²) in [7, 11) is 0. The number of rotatable bonds is 3. The fraction of sp³-hybridized carbons (Fsp3) is 0.412. The topological polar surface area (TPSA) is 46.9 Å². The molecule has 1 amide bonds. The molecule has 5 heteroatoms. The predicted octanol–water partition coefficient (Wildman–Crippen LogP) is 3.91. The van der Waals surface area contributed by atoms with Gasteiger partial charge in [0.05, 0.1) is 5.54 Å². The van der Waals surface area contributed by atoms with Gasteiger partial charge in [0.2, 0.25) is 0 Å². The molecule has 1 fully saturated rings. The summed E-state index contributed by atoms with van der Waals surface area (Å²) < 4.78 is 14.9. The van der Waals surface area contributed by atoms with Crippen molar-refractivity contribution in [3.05, 3.63) is 47.5 Å². The Morgan fingerprint density at radius 3 is 2.45 bits per heavy atom. The SMILES string of the molecule is CC(C)(C)n1nc(C(=O)Nc2ccc(F)cc2)cc1C1CC1. The number of hydrogen-bond donors (Lipinski definition) is 1. The van der Waals surface area contributed by atoms with Crippen LogP contribution in [0.4, 0.5) is 10.1 Å². The lowest BCUT2D eigenvalue weighted by Crippen LogP contribution is -2.25. The molecule has 2 aromatic rings. The Labute approximate surface area is 129 Å². The van der Waals surface area contributed by atoms with Gasteiger partial charge >= 0.3 is 0 Å². The number of amides is 1. The van der Waals surface area contributed by atoms with Gasteiger partial charge in [-0.25, -0.2) is 4.39 Å². The first-order valence-corrected chi connectivity index (χ1v) is 7.52. The van der Waals surface area contributed by atoms with Crippen molar-refractivity contribution in [3.8, 4) is 0 Å². The number of nitrogens with one attached hydrogen (secondary N) is 1. The van der Waals surface area contributed by atoms with E-state index in [0.717, 1.165) is 18.5 Å². The van der Waals surface area contributed by atoms with Crippen molar-refractivity contribution in [2.24, 2.45) is 0 Å². The normalized spacial score (nSPS) is 14.9. The van der Waals surface area contributed by atoms with Crippen LogP contribution in [0.15, 0.2) is 30.3 Å². The highest BCUT2D eigenvalue weighted by molar-refractivity contribution is 6.02. The number of carbonyl (C=O) groups excluding carboxylic acids is 1. The van der Waals surface area contributed by atoms with Crippen molar-refractivity contribution in [3.63, 3.8) is 0 Å². The van der Waals surface area contributed by atoms with E-state index in [1.807, 2.05) is 10.7 Å². The summed E-state index contributed by atoms with van der Waals surface area (Å²) >= 11 is 0. The number of carbonyl (C=O) groups is 1. The molecule has 0 aliphatic heterocycles. The van der Waals surface area contributed by atoms with E-state index in [1.54, 1.807) is 0 Å². The largest absolute Gasteiger partial charge is 0.321 e. The monoisotopic (exact) mass is 301 g/mol. The van der Waals surface area contributed by atoms with Crippen LogP contribution in [0.2, 0.25) is 0 Å². The molecule has 1 aromatic heterocycles. The fourth-order valence-corrected chi connectivity index (χ4v) is 2.44.